The zero-order valence-electron chi connectivity index (χ0n) is 18.7. The lowest BCUT2D eigenvalue weighted by Crippen LogP contribution is -2.26. The van der Waals surface area contributed by atoms with E-state index in [0.29, 0.717) is 51.1 Å². The van der Waals surface area contributed by atoms with Gasteiger partial charge in [-0.25, -0.2) is 18.4 Å². The maximum absolute atomic E-state index is 12.8. The normalized spacial score (nSPS) is 15.3. The van der Waals surface area contributed by atoms with Gasteiger partial charge in [-0.15, -0.1) is 0 Å². The first kappa shape index (κ1) is 24.9. The van der Waals surface area contributed by atoms with Crippen molar-refractivity contribution in [2.75, 3.05) is 26.4 Å². The summed E-state index contributed by atoms with van der Waals surface area (Å²) in [5.74, 6) is -0.748. The molecule has 0 bridgehead atoms. The molecule has 3 N–H and O–H groups in total. The summed E-state index contributed by atoms with van der Waals surface area (Å²) in [6.07, 6.45) is 3.33. The van der Waals surface area contributed by atoms with Crippen LogP contribution in [0.1, 0.15) is 58.3 Å². The Kier molecular flexibility index (Phi) is 8.59. The Morgan fingerprint density at radius 1 is 1.30 bits per heavy atom. The summed E-state index contributed by atoms with van der Waals surface area (Å²) in [5, 5.41) is 12.7. The molecule has 0 saturated carbocycles. The minimum Gasteiger partial charge on any atom is -0.462 e. The molecule has 0 unspecified atom stereocenters. The van der Waals surface area contributed by atoms with Gasteiger partial charge < -0.3 is 14.8 Å². The molecule has 33 heavy (non-hydrogen) atoms. The Morgan fingerprint density at radius 3 is 2.85 bits per heavy atom. The number of aromatic nitrogens is 2. The summed E-state index contributed by atoms with van der Waals surface area (Å²) in [6, 6.07) is 5.41. The number of hydrogen-bond donors (Lipinski definition) is 2. The molecule has 180 valence electrons. The molecule has 10 nitrogen and oxygen atoms in total. The first-order chi connectivity index (χ1) is 15.8. The van der Waals surface area contributed by atoms with Crippen LogP contribution in [-0.2, 0) is 38.9 Å². The van der Waals surface area contributed by atoms with Crippen molar-refractivity contribution in [3.63, 3.8) is 0 Å². The summed E-state index contributed by atoms with van der Waals surface area (Å²) in [6.45, 7) is 4.34. The van der Waals surface area contributed by atoms with Crippen LogP contribution >= 0.6 is 0 Å². The molecule has 0 aliphatic carbocycles. The van der Waals surface area contributed by atoms with Gasteiger partial charge in [0, 0.05) is 32.7 Å². The smallest absolute Gasteiger partial charge is 0.338 e. The van der Waals surface area contributed by atoms with E-state index >= 15 is 0 Å². The molecule has 2 heterocycles. The third-order valence-corrected chi connectivity index (χ3v) is 6.20. The molecule has 0 radical (unpaired) electrons. The van der Waals surface area contributed by atoms with E-state index in [-0.39, 0.29) is 23.0 Å². The second kappa shape index (κ2) is 11.4. The fraction of sp³-hybridized carbons (Fsp3) is 0.500. The third kappa shape index (κ3) is 6.62. The average molecular weight is 479 g/mol. The highest BCUT2D eigenvalue weighted by atomic mass is 32.2. The van der Waals surface area contributed by atoms with E-state index in [2.05, 4.69) is 10.4 Å². The minimum absolute atomic E-state index is 0.110. The lowest BCUT2D eigenvalue weighted by molar-refractivity contribution is 0.0494. The van der Waals surface area contributed by atoms with Gasteiger partial charge in [-0.1, -0.05) is 13.0 Å². The summed E-state index contributed by atoms with van der Waals surface area (Å²) < 4.78 is 35.7. The van der Waals surface area contributed by atoms with Crippen molar-refractivity contribution in [3.05, 3.63) is 46.8 Å². The Bertz CT molecular complexity index is 1100. The number of fused-ring (bicyclic) bond motifs is 1. The number of benzene rings is 1. The van der Waals surface area contributed by atoms with Crippen molar-refractivity contribution < 1.29 is 27.5 Å². The standard InChI is InChI=1S/C22H30N4O6S/c1-2-18-20-19(9-4-12-31-13-5-10-24-21(20)27)26(25-18)11-6-14-32-22(28)16-7-3-8-17(15-16)33(23,29)30/h3,7-8,15H,2,4-6,9-14H2,1H3,(H,24,27)(H2,23,29,30). The van der Waals surface area contributed by atoms with Crippen LogP contribution < -0.4 is 10.5 Å². The van der Waals surface area contributed by atoms with E-state index in [9.17, 15) is 18.0 Å². The van der Waals surface area contributed by atoms with Crippen LogP contribution in [0, 0.1) is 0 Å². The molecule has 1 amide bonds. The Balaban J connectivity index is 1.65. The number of primary sulfonamides is 1. The second-order valence-electron chi connectivity index (χ2n) is 7.73. The number of nitrogens with zero attached hydrogens (tertiary/aromatic N) is 2. The fourth-order valence-corrected chi connectivity index (χ4v) is 4.23. The SMILES string of the molecule is CCc1nn(CCCOC(=O)c2cccc(S(N)(=O)=O)c2)c2c1C(=O)NCCCOCCC2. The maximum atomic E-state index is 12.8. The average Bonchev–Trinajstić information content (AvgIpc) is 3.13. The van der Waals surface area contributed by atoms with Gasteiger partial charge in [0.1, 0.15) is 0 Å². The zero-order valence-corrected chi connectivity index (χ0v) is 19.5. The van der Waals surface area contributed by atoms with Crippen molar-refractivity contribution in [3.8, 4) is 0 Å². The van der Waals surface area contributed by atoms with E-state index in [1.165, 1.54) is 24.3 Å². The molecule has 0 saturated heterocycles. The van der Waals surface area contributed by atoms with Crippen molar-refractivity contribution in [1.29, 1.82) is 0 Å². The van der Waals surface area contributed by atoms with Crippen LogP contribution in [0.15, 0.2) is 29.2 Å². The van der Waals surface area contributed by atoms with Gasteiger partial charge in [-0.3, -0.25) is 9.48 Å². The second-order valence-corrected chi connectivity index (χ2v) is 9.29. The first-order valence-electron chi connectivity index (χ1n) is 11.1. The summed E-state index contributed by atoms with van der Waals surface area (Å²) >= 11 is 0. The maximum Gasteiger partial charge on any atom is 0.338 e. The van der Waals surface area contributed by atoms with Crippen LogP contribution in [0.4, 0.5) is 0 Å². The van der Waals surface area contributed by atoms with E-state index in [1.54, 1.807) is 0 Å². The van der Waals surface area contributed by atoms with E-state index in [0.717, 1.165) is 24.2 Å². The number of rotatable bonds is 7. The highest BCUT2D eigenvalue weighted by Crippen LogP contribution is 2.19. The number of ether oxygens (including phenoxy) is 2. The van der Waals surface area contributed by atoms with Gasteiger partial charge in [0.25, 0.3) is 5.91 Å². The van der Waals surface area contributed by atoms with Gasteiger partial charge in [-0.05, 0) is 43.9 Å². The highest BCUT2D eigenvalue weighted by molar-refractivity contribution is 7.89. The Morgan fingerprint density at radius 2 is 2.09 bits per heavy atom. The number of carbonyl (C=O) groups is 2. The van der Waals surface area contributed by atoms with Crippen molar-refractivity contribution in [1.82, 2.24) is 15.1 Å². The molecule has 1 aromatic heterocycles. The molecular formula is C22H30N4O6S. The van der Waals surface area contributed by atoms with Gasteiger partial charge in [0.15, 0.2) is 0 Å². The summed E-state index contributed by atoms with van der Waals surface area (Å²) in [5.41, 5.74) is 2.36. The number of carbonyl (C=O) groups excluding carboxylic acids is 2. The van der Waals surface area contributed by atoms with Crippen LogP contribution in [0.5, 0.6) is 0 Å². The summed E-state index contributed by atoms with van der Waals surface area (Å²) in [4.78, 5) is 24.9. The third-order valence-electron chi connectivity index (χ3n) is 5.29. The van der Waals surface area contributed by atoms with E-state index < -0.39 is 16.0 Å². The van der Waals surface area contributed by atoms with E-state index in [4.69, 9.17) is 14.6 Å². The number of aryl methyl sites for hydroxylation is 2. The van der Waals surface area contributed by atoms with E-state index in [1.807, 2.05) is 11.6 Å². The zero-order chi connectivity index (χ0) is 23.8. The van der Waals surface area contributed by atoms with Crippen LogP contribution in [0.3, 0.4) is 0 Å². The lowest BCUT2D eigenvalue weighted by Gasteiger charge is -2.10. The molecule has 0 atom stereocenters. The molecule has 1 aromatic carbocycles. The van der Waals surface area contributed by atoms with Crippen molar-refractivity contribution in [2.45, 2.75) is 50.5 Å². The molecule has 0 spiro atoms. The highest BCUT2D eigenvalue weighted by Gasteiger charge is 2.23. The Labute approximate surface area is 193 Å². The van der Waals surface area contributed by atoms with Crippen molar-refractivity contribution >= 4 is 21.9 Å². The van der Waals surface area contributed by atoms with Crippen molar-refractivity contribution in [2.24, 2.45) is 5.14 Å². The quantitative estimate of drug-likeness (QED) is 0.453. The topological polar surface area (TPSA) is 143 Å². The number of esters is 1. The lowest BCUT2D eigenvalue weighted by atomic mass is 10.1. The fourth-order valence-electron chi connectivity index (χ4n) is 3.67. The molecule has 11 heteroatoms. The monoisotopic (exact) mass is 478 g/mol. The molecule has 0 fully saturated rings. The molecule has 1 aliphatic rings. The number of amides is 1. The molecule has 1 aliphatic heterocycles. The first-order valence-corrected chi connectivity index (χ1v) is 12.6. The van der Waals surface area contributed by atoms with Crippen LogP contribution in [0.2, 0.25) is 0 Å². The predicted octanol–water partition coefficient (Wildman–Crippen LogP) is 1.42. The van der Waals surface area contributed by atoms with Crippen LogP contribution in [0.25, 0.3) is 0 Å². The molecular weight excluding hydrogens is 448 g/mol. The molecule has 3 rings (SSSR count). The van der Waals surface area contributed by atoms with Gasteiger partial charge in [-0.2, -0.15) is 5.10 Å². The van der Waals surface area contributed by atoms with Gasteiger partial charge in [0.05, 0.1) is 34.0 Å². The van der Waals surface area contributed by atoms with Gasteiger partial charge in [0.2, 0.25) is 10.0 Å². The number of sulfonamides is 1. The minimum atomic E-state index is -3.91. The number of nitrogens with one attached hydrogen (secondary N) is 1. The number of nitrogens with two attached hydrogens (primary N) is 1. The number of hydrogen-bond acceptors (Lipinski definition) is 7. The Hall–Kier alpha value is -2.76. The largest absolute Gasteiger partial charge is 0.462 e. The van der Waals surface area contributed by atoms with Crippen LogP contribution in [-0.4, -0.2) is 56.4 Å². The molecule has 2 aromatic rings. The predicted molar refractivity (Wildman–Crippen MR) is 120 cm³/mol. The van der Waals surface area contributed by atoms with Gasteiger partial charge >= 0.3 is 5.97 Å². The summed E-state index contributed by atoms with van der Waals surface area (Å²) in [7, 11) is -3.91.